The van der Waals surface area contributed by atoms with E-state index >= 15 is 0 Å². The Labute approximate surface area is 118 Å². The van der Waals surface area contributed by atoms with Gasteiger partial charge in [0.15, 0.2) is 0 Å². The van der Waals surface area contributed by atoms with Crippen LogP contribution in [0.2, 0.25) is 0 Å². The lowest BCUT2D eigenvalue weighted by Crippen LogP contribution is -2.42. The van der Waals surface area contributed by atoms with Gasteiger partial charge in [-0.05, 0) is 30.4 Å². The van der Waals surface area contributed by atoms with Gasteiger partial charge < -0.3 is 15.3 Å². The second kappa shape index (κ2) is 5.94. The minimum absolute atomic E-state index is 0.292. The van der Waals surface area contributed by atoms with Gasteiger partial charge in [-0.25, -0.2) is 9.59 Å². The lowest BCUT2D eigenvalue weighted by Gasteiger charge is -2.23. The number of carboxylic acid groups (broad SMARTS) is 1. The zero-order chi connectivity index (χ0) is 14.7. The molecule has 5 heteroatoms. The highest BCUT2D eigenvalue weighted by Crippen LogP contribution is 2.25. The Morgan fingerprint density at radius 3 is 2.70 bits per heavy atom. The zero-order valence-electron chi connectivity index (χ0n) is 11.8. The molecule has 1 fully saturated rings. The number of likely N-dealkylation sites (tertiary alicyclic amines) is 1. The number of benzene rings is 1. The number of anilines is 1. The maximum atomic E-state index is 12.3. The Morgan fingerprint density at radius 1 is 1.35 bits per heavy atom. The number of nitrogens with zero attached hydrogens (tertiary/aromatic N) is 1. The van der Waals surface area contributed by atoms with Gasteiger partial charge >= 0.3 is 12.0 Å². The van der Waals surface area contributed by atoms with Gasteiger partial charge in [0.1, 0.15) is 6.04 Å². The number of carbonyl (C=O) groups excluding carboxylic acids is 1. The quantitative estimate of drug-likeness (QED) is 0.891. The number of urea groups is 1. The summed E-state index contributed by atoms with van der Waals surface area (Å²) in [7, 11) is 0. The van der Waals surface area contributed by atoms with Crippen LogP contribution in [0.15, 0.2) is 24.3 Å². The molecule has 2 rings (SSSR count). The van der Waals surface area contributed by atoms with Crippen LogP contribution in [0.4, 0.5) is 10.5 Å². The Balaban J connectivity index is 2.14. The molecule has 1 aromatic carbocycles. The van der Waals surface area contributed by atoms with Gasteiger partial charge in [-0.3, -0.25) is 0 Å². The predicted molar refractivity (Wildman–Crippen MR) is 76.9 cm³/mol. The van der Waals surface area contributed by atoms with E-state index in [9.17, 15) is 9.59 Å². The molecule has 108 valence electrons. The van der Waals surface area contributed by atoms with Crippen molar-refractivity contribution in [1.82, 2.24) is 4.90 Å². The van der Waals surface area contributed by atoms with Crippen LogP contribution in [-0.2, 0) is 4.79 Å². The Kier molecular flexibility index (Phi) is 4.27. The fourth-order valence-corrected chi connectivity index (χ4v) is 2.57. The van der Waals surface area contributed by atoms with E-state index in [0.717, 1.165) is 17.7 Å². The fourth-order valence-electron chi connectivity index (χ4n) is 2.57. The molecule has 0 saturated carbocycles. The minimum Gasteiger partial charge on any atom is -0.480 e. The molecular weight excluding hydrogens is 256 g/mol. The first kappa shape index (κ1) is 14.4. The van der Waals surface area contributed by atoms with Crippen molar-refractivity contribution in [2.75, 3.05) is 11.9 Å². The first-order valence-electron chi connectivity index (χ1n) is 6.90. The number of para-hydroxylation sites is 1. The van der Waals surface area contributed by atoms with Crippen LogP contribution in [0.3, 0.4) is 0 Å². The highest BCUT2D eigenvalue weighted by Gasteiger charge is 2.34. The molecule has 1 aromatic rings. The summed E-state index contributed by atoms with van der Waals surface area (Å²) in [4.78, 5) is 24.8. The summed E-state index contributed by atoms with van der Waals surface area (Å²) in [6.45, 7) is 4.61. The van der Waals surface area contributed by atoms with Crippen molar-refractivity contribution in [2.24, 2.45) is 0 Å². The van der Waals surface area contributed by atoms with E-state index in [1.54, 1.807) is 0 Å². The zero-order valence-corrected chi connectivity index (χ0v) is 11.8. The summed E-state index contributed by atoms with van der Waals surface area (Å²) < 4.78 is 0. The third-order valence-corrected chi connectivity index (χ3v) is 3.62. The van der Waals surface area contributed by atoms with Crippen molar-refractivity contribution in [1.29, 1.82) is 0 Å². The van der Waals surface area contributed by atoms with Gasteiger partial charge in [-0.15, -0.1) is 0 Å². The highest BCUT2D eigenvalue weighted by molar-refractivity contribution is 5.93. The van der Waals surface area contributed by atoms with Crippen LogP contribution < -0.4 is 5.32 Å². The molecule has 0 radical (unpaired) electrons. The molecule has 2 N–H and O–H groups in total. The topological polar surface area (TPSA) is 69.6 Å². The maximum Gasteiger partial charge on any atom is 0.326 e. The third kappa shape index (κ3) is 2.92. The van der Waals surface area contributed by atoms with Gasteiger partial charge in [0.25, 0.3) is 0 Å². The molecule has 1 aliphatic heterocycles. The van der Waals surface area contributed by atoms with Crippen molar-refractivity contribution < 1.29 is 14.7 Å². The number of carboxylic acids is 1. The molecule has 0 spiro atoms. The summed E-state index contributed by atoms with van der Waals surface area (Å²) in [6.07, 6.45) is 1.25. The van der Waals surface area contributed by atoms with Crippen molar-refractivity contribution >= 4 is 17.7 Å². The molecular formula is C15H20N2O3. The third-order valence-electron chi connectivity index (χ3n) is 3.62. The van der Waals surface area contributed by atoms with E-state index in [1.165, 1.54) is 4.90 Å². The Morgan fingerprint density at radius 2 is 2.05 bits per heavy atom. The van der Waals surface area contributed by atoms with E-state index in [-0.39, 0.29) is 6.03 Å². The number of hydrogen-bond acceptors (Lipinski definition) is 2. The van der Waals surface area contributed by atoms with Crippen LogP contribution in [0.5, 0.6) is 0 Å². The first-order chi connectivity index (χ1) is 9.50. The molecule has 1 aliphatic rings. The van der Waals surface area contributed by atoms with Gasteiger partial charge in [-0.1, -0.05) is 32.0 Å². The first-order valence-corrected chi connectivity index (χ1v) is 6.90. The smallest absolute Gasteiger partial charge is 0.326 e. The Hall–Kier alpha value is -2.04. The largest absolute Gasteiger partial charge is 0.480 e. The van der Waals surface area contributed by atoms with Gasteiger partial charge in [-0.2, -0.15) is 0 Å². The monoisotopic (exact) mass is 276 g/mol. The lowest BCUT2D eigenvalue weighted by molar-refractivity contribution is -0.141. The minimum atomic E-state index is -0.935. The normalized spacial score (nSPS) is 18.4. The molecule has 2 amide bonds. The molecule has 0 bridgehead atoms. The van der Waals surface area contributed by atoms with Crippen LogP contribution in [0, 0.1) is 0 Å². The predicted octanol–water partition coefficient (Wildman–Crippen LogP) is 2.89. The van der Waals surface area contributed by atoms with Gasteiger partial charge in [0.2, 0.25) is 0 Å². The molecule has 1 atom stereocenters. The summed E-state index contributed by atoms with van der Waals surface area (Å²) in [5, 5.41) is 12.0. The number of carbonyl (C=O) groups is 2. The molecule has 0 unspecified atom stereocenters. The highest BCUT2D eigenvalue weighted by atomic mass is 16.4. The standard InChI is InChI=1S/C15H20N2O3/c1-10(2)11-6-3-4-7-12(11)16-15(20)17-9-5-8-13(17)14(18)19/h3-4,6-7,10,13H,5,8-9H2,1-2H3,(H,16,20)(H,18,19)/t13-/m1/s1. The van der Waals surface area contributed by atoms with Crippen molar-refractivity contribution in [3.8, 4) is 0 Å². The summed E-state index contributed by atoms with van der Waals surface area (Å²) in [6, 6.07) is 6.57. The lowest BCUT2D eigenvalue weighted by atomic mass is 10.0. The molecule has 0 aliphatic carbocycles. The average molecular weight is 276 g/mol. The summed E-state index contributed by atoms with van der Waals surface area (Å²) >= 11 is 0. The van der Waals surface area contributed by atoms with Gasteiger partial charge in [0, 0.05) is 12.2 Å². The van der Waals surface area contributed by atoms with E-state index in [0.29, 0.717) is 18.9 Å². The van der Waals surface area contributed by atoms with Crippen LogP contribution >= 0.6 is 0 Å². The molecule has 0 aromatic heterocycles. The van der Waals surface area contributed by atoms with E-state index in [4.69, 9.17) is 5.11 Å². The average Bonchev–Trinajstić information content (AvgIpc) is 2.88. The SMILES string of the molecule is CC(C)c1ccccc1NC(=O)N1CCC[C@@H]1C(=O)O. The number of rotatable bonds is 3. The van der Waals surface area contributed by atoms with Crippen molar-refractivity contribution in [3.63, 3.8) is 0 Å². The number of aliphatic carboxylic acids is 1. The van der Waals surface area contributed by atoms with Crippen molar-refractivity contribution in [2.45, 2.75) is 38.6 Å². The second-order valence-electron chi connectivity index (χ2n) is 5.36. The van der Waals surface area contributed by atoms with E-state index < -0.39 is 12.0 Å². The number of hydrogen-bond donors (Lipinski definition) is 2. The van der Waals surface area contributed by atoms with E-state index in [1.807, 2.05) is 24.3 Å². The maximum absolute atomic E-state index is 12.3. The van der Waals surface area contributed by atoms with Crippen LogP contribution in [0.25, 0.3) is 0 Å². The van der Waals surface area contributed by atoms with Crippen LogP contribution in [0.1, 0.15) is 38.2 Å². The second-order valence-corrected chi connectivity index (χ2v) is 5.36. The number of nitrogens with one attached hydrogen (secondary N) is 1. The van der Waals surface area contributed by atoms with Crippen molar-refractivity contribution in [3.05, 3.63) is 29.8 Å². The Bertz CT molecular complexity index is 514. The molecule has 5 nitrogen and oxygen atoms in total. The van der Waals surface area contributed by atoms with E-state index in [2.05, 4.69) is 19.2 Å². The molecule has 20 heavy (non-hydrogen) atoms. The fraction of sp³-hybridized carbons (Fsp3) is 0.467. The number of amides is 2. The summed E-state index contributed by atoms with van der Waals surface area (Å²) in [5.41, 5.74) is 1.80. The summed E-state index contributed by atoms with van der Waals surface area (Å²) in [5.74, 6) is -0.643. The van der Waals surface area contributed by atoms with Gasteiger partial charge in [0.05, 0.1) is 0 Å². The molecule has 1 saturated heterocycles. The van der Waals surface area contributed by atoms with Crippen LogP contribution in [-0.4, -0.2) is 34.6 Å². The molecule has 1 heterocycles.